The van der Waals surface area contributed by atoms with Crippen molar-refractivity contribution in [3.8, 4) is 11.5 Å². The second-order valence-electron chi connectivity index (χ2n) is 7.89. The van der Waals surface area contributed by atoms with Crippen LogP contribution in [-0.2, 0) is 16.2 Å². The molecule has 0 atom stereocenters. The molecule has 0 unspecified atom stereocenters. The monoisotopic (exact) mass is 631 g/mol. The zero-order valence-corrected chi connectivity index (χ0v) is 21.9. The molecule has 1 N–H and O–H groups in total. The smallest absolute Gasteiger partial charge is 0.336 e. The molecule has 0 bridgehead atoms. The molecular weight excluding hydrogens is 612 g/mol. The number of hydrogen-bond donors (Lipinski definition) is 1. The maximum atomic E-state index is 14.3. The molecular formula is C26H19FIN3O7. The van der Waals surface area contributed by atoms with E-state index in [4.69, 9.17) is 9.47 Å². The van der Waals surface area contributed by atoms with E-state index in [9.17, 15) is 28.9 Å². The highest BCUT2D eigenvalue weighted by Crippen LogP contribution is 2.36. The van der Waals surface area contributed by atoms with Crippen molar-refractivity contribution in [3.63, 3.8) is 0 Å². The molecule has 38 heavy (non-hydrogen) atoms. The molecule has 194 valence electrons. The van der Waals surface area contributed by atoms with Gasteiger partial charge >= 0.3 is 6.03 Å². The summed E-state index contributed by atoms with van der Waals surface area (Å²) < 4.78 is 26.5. The van der Waals surface area contributed by atoms with Gasteiger partial charge in [-0.3, -0.25) is 25.0 Å². The number of nitrogens with one attached hydrogen (secondary N) is 1. The van der Waals surface area contributed by atoms with Crippen LogP contribution in [0.2, 0.25) is 0 Å². The first-order valence-electron chi connectivity index (χ1n) is 11.2. The van der Waals surface area contributed by atoms with Crippen LogP contribution in [0, 0.1) is 19.5 Å². The fourth-order valence-electron chi connectivity index (χ4n) is 3.67. The Morgan fingerprint density at radius 1 is 1.08 bits per heavy atom. The van der Waals surface area contributed by atoms with Gasteiger partial charge in [0.25, 0.3) is 17.5 Å². The predicted molar refractivity (Wildman–Crippen MR) is 143 cm³/mol. The molecule has 1 aliphatic heterocycles. The van der Waals surface area contributed by atoms with Crippen LogP contribution in [0.25, 0.3) is 6.08 Å². The lowest BCUT2D eigenvalue weighted by molar-refractivity contribution is -0.384. The molecule has 1 saturated heterocycles. The van der Waals surface area contributed by atoms with E-state index in [1.165, 1.54) is 36.4 Å². The summed E-state index contributed by atoms with van der Waals surface area (Å²) in [4.78, 5) is 49.1. The van der Waals surface area contributed by atoms with Crippen molar-refractivity contribution < 1.29 is 33.2 Å². The van der Waals surface area contributed by atoms with Crippen LogP contribution in [0.3, 0.4) is 0 Å². The van der Waals surface area contributed by atoms with E-state index in [0.717, 1.165) is 6.07 Å². The number of nitro benzene ring substituents is 1. The number of nitro groups is 1. The maximum Gasteiger partial charge on any atom is 0.336 e. The molecule has 0 aromatic heterocycles. The lowest BCUT2D eigenvalue weighted by atomic mass is 10.1. The molecule has 1 heterocycles. The summed E-state index contributed by atoms with van der Waals surface area (Å²) in [5.41, 5.74) is 0.235. The summed E-state index contributed by atoms with van der Waals surface area (Å²) >= 11 is 2.00. The standard InChI is InChI=1S/C26H19FIN3O7/c1-2-37-22-13-16(12-20(28)23(22)38-14-15-6-5-7-17(10-15)31(35)36)11-18-24(32)29-26(34)30(25(18)33)21-9-4-3-8-19(21)27/h3-13H,2,14H2,1H3,(H,29,32,34)/b18-11-. The Morgan fingerprint density at radius 3 is 2.55 bits per heavy atom. The number of urea groups is 1. The van der Waals surface area contributed by atoms with Crippen molar-refractivity contribution >= 4 is 57.9 Å². The average molecular weight is 631 g/mol. The lowest BCUT2D eigenvalue weighted by Crippen LogP contribution is -2.54. The van der Waals surface area contributed by atoms with Crippen LogP contribution in [0.15, 0.2) is 66.2 Å². The van der Waals surface area contributed by atoms with Crippen LogP contribution < -0.4 is 19.7 Å². The first-order valence-corrected chi connectivity index (χ1v) is 12.3. The van der Waals surface area contributed by atoms with Gasteiger partial charge in [-0.25, -0.2) is 14.1 Å². The van der Waals surface area contributed by atoms with E-state index in [1.807, 2.05) is 22.6 Å². The van der Waals surface area contributed by atoms with Crippen molar-refractivity contribution in [1.82, 2.24) is 5.32 Å². The van der Waals surface area contributed by atoms with Crippen molar-refractivity contribution in [2.75, 3.05) is 11.5 Å². The number of rotatable bonds is 8. The highest BCUT2D eigenvalue weighted by molar-refractivity contribution is 14.1. The SMILES string of the molecule is CCOc1cc(/C=C2/C(=O)NC(=O)N(c3ccccc3F)C2=O)cc(I)c1OCc1cccc([N+](=O)[O-])c1. The summed E-state index contributed by atoms with van der Waals surface area (Å²) in [5, 5.41) is 13.1. The number of imide groups is 2. The minimum atomic E-state index is -1.06. The number of anilines is 1. The van der Waals surface area contributed by atoms with Gasteiger partial charge in [-0.2, -0.15) is 0 Å². The number of benzene rings is 3. The largest absolute Gasteiger partial charge is 0.490 e. The van der Waals surface area contributed by atoms with Crippen molar-refractivity contribution in [2.45, 2.75) is 13.5 Å². The molecule has 4 rings (SSSR count). The Hall–Kier alpha value is -4.33. The number of barbiturate groups is 1. The third-order valence-corrected chi connectivity index (χ3v) is 6.14. The number of carbonyl (C=O) groups is 3. The first-order chi connectivity index (χ1) is 18.2. The molecule has 1 fully saturated rings. The summed E-state index contributed by atoms with van der Waals surface area (Å²) in [6.45, 7) is 2.06. The van der Waals surface area contributed by atoms with E-state index in [2.05, 4.69) is 5.32 Å². The number of halogens is 2. The predicted octanol–water partition coefficient (Wildman–Crippen LogP) is 4.98. The summed E-state index contributed by atoms with van der Waals surface area (Å²) in [6, 6.07) is 13.4. The zero-order chi connectivity index (χ0) is 27.4. The van der Waals surface area contributed by atoms with Gasteiger partial charge in [0.05, 0.1) is 20.8 Å². The van der Waals surface area contributed by atoms with Gasteiger partial charge in [0.1, 0.15) is 18.0 Å². The second-order valence-corrected chi connectivity index (χ2v) is 9.05. The highest BCUT2D eigenvalue weighted by Gasteiger charge is 2.38. The number of nitrogens with zero attached hydrogens (tertiary/aromatic N) is 2. The van der Waals surface area contributed by atoms with Crippen molar-refractivity contribution in [2.24, 2.45) is 0 Å². The highest BCUT2D eigenvalue weighted by atomic mass is 127. The molecule has 1 aliphatic rings. The quantitative estimate of drug-likeness (QED) is 0.122. The van der Waals surface area contributed by atoms with Crippen molar-refractivity contribution in [3.05, 3.63) is 96.9 Å². The minimum Gasteiger partial charge on any atom is -0.490 e. The van der Waals surface area contributed by atoms with Gasteiger partial charge in [0, 0.05) is 12.1 Å². The number of hydrogen-bond acceptors (Lipinski definition) is 7. The molecule has 10 nitrogen and oxygen atoms in total. The number of carbonyl (C=O) groups excluding carboxylic acids is 3. The first kappa shape index (κ1) is 26.7. The number of ether oxygens (including phenoxy) is 2. The topological polar surface area (TPSA) is 128 Å². The maximum absolute atomic E-state index is 14.3. The Labute approximate surface area is 229 Å². The summed E-state index contributed by atoms with van der Waals surface area (Å²) in [6.07, 6.45) is 1.27. The Kier molecular flexibility index (Phi) is 8.00. The zero-order valence-electron chi connectivity index (χ0n) is 19.8. The molecule has 0 aliphatic carbocycles. The van der Waals surface area contributed by atoms with Gasteiger partial charge < -0.3 is 9.47 Å². The number of para-hydroxylation sites is 1. The molecule has 0 radical (unpaired) electrons. The number of non-ortho nitro benzene ring substituents is 1. The summed E-state index contributed by atoms with van der Waals surface area (Å²) in [7, 11) is 0. The van der Waals surface area contributed by atoms with Crippen LogP contribution in [0.4, 0.5) is 20.6 Å². The lowest BCUT2D eigenvalue weighted by Gasteiger charge is -2.26. The van der Waals surface area contributed by atoms with E-state index < -0.39 is 28.6 Å². The molecule has 4 amide bonds. The Morgan fingerprint density at radius 2 is 1.84 bits per heavy atom. The van der Waals surface area contributed by atoms with Gasteiger partial charge in [0.15, 0.2) is 11.5 Å². The molecule has 0 spiro atoms. The summed E-state index contributed by atoms with van der Waals surface area (Å²) in [5.74, 6) is -2.04. The fraction of sp³-hybridized carbons (Fsp3) is 0.115. The second kappa shape index (κ2) is 11.4. The molecule has 12 heteroatoms. The van der Waals surface area contributed by atoms with Gasteiger partial charge in [0.2, 0.25) is 0 Å². The third-order valence-electron chi connectivity index (χ3n) is 5.34. The van der Waals surface area contributed by atoms with E-state index >= 15 is 0 Å². The van der Waals surface area contributed by atoms with Gasteiger partial charge in [-0.15, -0.1) is 0 Å². The minimum absolute atomic E-state index is 0.0266. The Bertz CT molecular complexity index is 1490. The van der Waals surface area contributed by atoms with E-state index in [1.54, 1.807) is 31.2 Å². The third kappa shape index (κ3) is 5.64. The van der Waals surface area contributed by atoms with E-state index in [0.29, 0.717) is 31.1 Å². The van der Waals surface area contributed by atoms with E-state index in [-0.39, 0.29) is 30.2 Å². The molecule has 3 aromatic rings. The van der Waals surface area contributed by atoms with Crippen LogP contribution >= 0.6 is 22.6 Å². The fourth-order valence-corrected chi connectivity index (χ4v) is 4.45. The van der Waals surface area contributed by atoms with Crippen LogP contribution in [0.5, 0.6) is 11.5 Å². The normalized spacial score (nSPS) is 14.4. The van der Waals surface area contributed by atoms with Gasteiger partial charge in [-0.05, 0) is 71.0 Å². The van der Waals surface area contributed by atoms with Crippen LogP contribution in [-0.4, -0.2) is 29.4 Å². The molecule has 0 saturated carbocycles. The molecule has 3 aromatic carbocycles. The van der Waals surface area contributed by atoms with Gasteiger partial charge in [-0.1, -0.05) is 24.3 Å². The Balaban J connectivity index is 1.66. The van der Waals surface area contributed by atoms with Crippen molar-refractivity contribution in [1.29, 1.82) is 0 Å². The number of amides is 4. The average Bonchev–Trinajstić information content (AvgIpc) is 2.87. The van der Waals surface area contributed by atoms with Crippen LogP contribution in [0.1, 0.15) is 18.1 Å².